The molecule has 10 heteroatoms. The van der Waals surface area contributed by atoms with Crippen LogP contribution in [0.1, 0.15) is 11.4 Å². The first kappa shape index (κ1) is 21.8. The van der Waals surface area contributed by atoms with E-state index in [1.54, 1.807) is 6.20 Å². The topological polar surface area (TPSA) is 103 Å². The maximum Gasteiger partial charge on any atom is 0.317 e. The molecule has 0 spiro atoms. The number of aromatic nitrogens is 2. The first-order valence-corrected chi connectivity index (χ1v) is 8.02. The van der Waals surface area contributed by atoms with Gasteiger partial charge in [0, 0.05) is 51.3 Å². The molecule has 2 rings (SSSR count). The van der Waals surface area contributed by atoms with Crippen molar-refractivity contribution in [3.63, 3.8) is 0 Å². The van der Waals surface area contributed by atoms with Crippen LogP contribution in [-0.2, 0) is 54.6 Å². The SMILES string of the molecule is Cn1ccnc1CN(CCc1ccc(SOON)cc1)CC(=O)O.[Re]. The maximum absolute atomic E-state index is 11.1. The number of imidazole rings is 1. The van der Waals surface area contributed by atoms with Crippen molar-refractivity contribution in [2.75, 3.05) is 13.1 Å². The molecule has 0 fully saturated rings. The second-order valence-electron chi connectivity index (χ2n) is 5.20. The van der Waals surface area contributed by atoms with E-state index < -0.39 is 5.97 Å². The number of rotatable bonds is 10. The number of nitrogens with zero attached hydrogens (tertiary/aromatic N) is 3. The minimum Gasteiger partial charge on any atom is -0.480 e. The van der Waals surface area contributed by atoms with Crippen LogP contribution in [0.2, 0.25) is 0 Å². The van der Waals surface area contributed by atoms with Crippen LogP contribution in [0.4, 0.5) is 0 Å². The molecular formula is C15H20N4O4ReS. The third-order valence-corrected chi connectivity index (χ3v) is 4.07. The van der Waals surface area contributed by atoms with Crippen LogP contribution >= 0.6 is 12.0 Å². The van der Waals surface area contributed by atoms with Crippen LogP contribution < -0.4 is 5.90 Å². The van der Waals surface area contributed by atoms with E-state index in [4.69, 9.17) is 11.0 Å². The van der Waals surface area contributed by atoms with E-state index in [2.05, 4.69) is 14.3 Å². The van der Waals surface area contributed by atoms with Crippen LogP contribution in [0.15, 0.2) is 41.6 Å². The van der Waals surface area contributed by atoms with Crippen LogP contribution in [-0.4, -0.2) is 38.6 Å². The van der Waals surface area contributed by atoms with Gasteiger partial charge in [-0.25, -0.2) is 4.98 Å². The van der Waals surface area contributed by atoms with Gasteiger partial charge in [-0.15, -0.1) is 9.32 Å². The molecule has 1 heterocycles. The Morgan fingerprint density at radius 1 is 1.40 bits per heavy atom. The van der Waals surface area contributed by atoms with Crippen LogP contribution in [0.5, 0.6) is 0 Å². The van der Waals surface area contributed by atoms with Crippen molar-refractivity contribution in [2.45, 2.75) is 17.9 Å². The van der Waals surface area contributed by atoms with Crippen molar-refractivity contribution < 1.29 is 39.6 Å². The third kappa shape index (κ3) is 7.67. The van der Waals surface area contributed by atoms with E-state index in [9.17, 15) is 4.79 Å². The average Bonchev–Trinajstić information content (AvgIpc) is 2.96. The summed E-state index contributed by atoms with van der Waals surface area (Å²) in [5.41, 5.74) is 1.10. The number of benzene rings is 1. The van der Waals surface area contributed by atoms with Crippen LogP contribution in [0.25, 0.3) is 0 Å². The standard InChI is InChI=1S/C15H20N4O4S.Re/c1-18-9-7-17-14(18)10-19(11-15(20)21)8-6-12-2-4-13(5-3-12)24-23-22-16;/h2-5,7,9H,6,8,10-11,16H2,1H3,(H,20,21);. The molecule has 0 aliphatic carbocycles. The van der Waals surface area contributed by atoms with Crippen molar-refractivity contribution in [1.82, 2.24) is 14.5 Å². The molecule has 1 aromatic carbocycles. The van der Waals surface area contributed by atoms with E-state index >= 15 is 0 Å². The number of aliphatic carboxylic acids is 1. The smallest absolute Gasteiger partial charge is 0.317 e. The first-order valence-electron chi connectivity index (χ1n) is 7.28. The summed E-state index contributed by atoms with van der Waals surface area (Å²) in [6.45, 7) is 1.09. The summed E-state index contributed by atoms with van der Waals surface area (Å²) in [5.74, 6) is 4.77. The number of carboxylic acid groups (broad SMARTS) is 1. The van der Waals surface area contributed by atoms with Gasteiger partial charge in [-0.1, -0.05) is 12.1 Å². The largest absolute Gasteiger partial charge is 0.480 e. The summed E-state index contributed by atoms with van der Waals surface area (Å²) in [7, 11) is 1.89. The van der Waals surface area contributed by atoms with Gasteiger partial charge in [0.15, 0.2) is 0 Å². The molecule has 3 N–H and O–H groups in total. The Morgan fingerprint density at radius 2 is 2.12 bits per heavy atom. The zero-order chi connectivity index (χ0) is 17.4. The zero-order valence-electron chi connectivity index (χ0n) is 13.7. The Kier molecular flexibility index (Phi) is 9.92. The van der Waals surface area contributed by atoms with Gasteiger partial charge in [0.05, 0.1) is 25.1 Å². The summed E-state index contributed by atoms with van der Waals surface area (Å²) < 4.78 is 6.47. The number of hydrogen-bond acceptors (Lipinski definition) is 7. The number of carbonyl (C=O) groups is 1. The fraction of sp³-hybridized carbons (Fsp3) is 0.333. The molecule has 0 aliphatic heterocycles. The van der Waals surface area contributed by atoms with Crippen molar-refractivity contribution in [3.8, 4) is 0 Å². The van der Waals surface area contributed by atoms with E-state index in [0.717, 1.165) is 34.7 Å². The first-order chi connectivity index (χ1) is 11.6. The Labute approximate surface area is 164 Å². The Balaban J connectivity index is 0.00000312. The molecule has 2 aromatic rings. The predicted octanol–water partition coefficient (Wildman–Crippen LogP) is 1.38. The predicted molar refractivity (Wildman–Crippen MR) is 88.5 cm³/mol. The molecule has 0 bridgehead atoms. The average molecular weight is 539 g/mol. The number of nitrogens with two attached hydrogens (primary N) is 1. The number of carboxylic acids is 1. The molecule has 0 saturated heterocycles. The summed E-state index contributed by atoms with van der Waals surface area (Å²) >= 11 is 1.02. The quantitative estimate of drug-likeness (QED) is 0.266. The van der Waals surface area contributed by atoms with Gasteiger partial charge in [-0.05, 0) is 24.1 Å². The molecule has 8 nitrogen and oxygen atoms in total. The molecule has 0 amide bonds. The summed E-state index contributed by atoms with van der Waals surface area (Å²) in [4.78, 5) is 22.1. The van der Waals surface area contributed by atoms with E-state index in [1.165, 1.54) is 0 Å². The fourth-order valence-electron chi connectivity index (χ4n) is 2.21. The molecule has 25 heavy (non-hydrogen) atoms. The van der Waals surface area contributed by atoms with E-state index in [0.29, 0.717) is 13.1 Å². The van der Waals surface area contributed by atoms with Gasteiger partial charge in [0.1, 0.15) is 5.82 Å². The number of hydrogen-bond donors (Lipinski definition) is 2. The second kappa shape index (κ2) is 11.4. The van der Waals surface area contributed by atoms with Crippen LogP contribution in [0.3, 0.4) is 0 Å². The summed E-state index contributed by atoms with van der Waals surface area (Å²) in [6, 6.07) is 7.70. The van der Waals surface area contributed by atoms with Gasteiger partial charge in [0.25, 0.3) is 0 Å². The fourth-order valence-corrected chi connectivity index (χ4v) is 2.58. The van der Waals surface area contributed by atoms with Gasteiger partial charge < -0.3 is 9.67 Å². The molecular weight excluding hydrogens is 518 g/mol. The van der Waals surface area contributed by atoms with Gasteiger partial charge in [0.2, 0.25) is 0 Å². The van der Waals surface area contributed by atoms with Gasteiger partial charge in [-0.2, -0.15) is 5.90 Å². The molecule has 0 saturated carbocycles. The van der Waals surface area contributed by atoms with E-state index in [-0.39, 0.29) is 27.0 Å². The Bertz CT molecular complexity index is 653. The second-order valence-corrected chi connectivity index (χ2v) is 5.97. The van der Waals surface area contributed by atoms with Crippen molar-refractivity contribution in [1.29, 1.82) is 0 Å². The minimum absolute atomic E-state index is 0. The monoisotopic (exact) mass is 539 g/mol. The maximum atomic E-state index is 11.1. The molecule has 1 aromatic heterocycles. The van der Waals surface area contributed by atoms with E-state index in [1.807, 2.05) is 47.0 Å². The normalized spacial score (nSPS) is 10.7. The van der Waals surface area contributed by atoms with Crippen molar-refractivity contribution >= 4 is 18.0 Å². The van der Waals surface area contributed by atoms with Gasteiger partial charge >= 0.3 is 5.97 Å². The molecule has 137 valence electrons. The Morgan fingerprint density at radius 3 is 2.68 bits per heavy atom. The molecule has 0 aliphatic rings. The molecule has 0 atom stereocenters. The van der Waals surface area contributed by atoms with Crippen LogP contribution in [0, 0.1) is 0 Å². The van der Waals surface area contributed by atoms with Crippen molar-refractivity contribution in [3.05, 3.63) is 48.0 Å². The van der Waals surface area contributed by atoms with Crippen molar-refractivity contribution in [2.24, 2.45) is 12.9 Å². The zero-order valence-corrected chi connectivity index (χ0v) is 17.2. The summed E-state index contributed by atoms with van der Waals surface area (Å²) in [5, 5.41) is 9.09. The molecule has 0 unspecified atom stereocenters. The number of aryl methyl sites for hydroxylation is 1. The summed E-state index contributed by atoms with van der Waals surface area (Å²) in [6.07, 6.45) is 4.28. The third-order valence-electron chi connectivity index (χ3n) is 3.45. The van der Waals surface area contributed by atoms with Gasteiger partial charge in [-0.3, -0.25) is 9.69 Å². The molecule has 1 radical (unpaired) electrons. The Hall–Kier alpha value is -1.25. The minimum atomic E-state index is -0.852.